The summed E-state index contributed by atoms with van der Waals surface area (Å²) in [6, 6.07) is 37.0. The molecule has 0 aliphatic carbocycles. The quantitative estimate of drug-likeness (QED) is 0.0948. The molecular formula is C46H31N5O9. The maximum atomic E-state index is 12.4. The molecule has 8 rings (SSSR count). The van der Waals surface area contributed by atoms with Crippen molar-refractivity contribution in [3.8, 4) is 57.7 Å². The fraction of sp³-hybridized carbons (Fsp3) is 0.0652. The number of pyridine rings is 2. The van der Waals surface area contributed by atoms with Crippen LogP contribution in [0.4, 0.5) is 0 Å². The first-order valence-electron chi connectivity index (χ1n) is 18.2. The van der Waals surface area contributed by atoms with Gasteiger partial charge in [0.2, 0.25) is 11.2 Å². The number of hydrogen-bond acceptors (Lipinski definition) is 12. The summed E-state index contributed by atoms with van der Waals surface area (Å²) in [4.78, 5) is 44.0. The fourth-order valence-electron chi connectivity index (χ4n) is 5.81. The number of carboxylic acids is 1. The number of carbonyl (C=O) groups is 3. The molecule has 0 unspecified atom stereocenters. The number of esters is 1. The highest BCUT2D eigenvalue weighted by Gasteiger charge is 2.27. The highest BCUT2D eigenvalue weighted by molar-refractivity contribution is 6.06. The van der Waals surface area contributed by atoms with Gasteiger partial charge in [-0.05, 0) is 43.0 Å². The van der Waals surface area contributed by atoms with E-state index in [1.165, 1.54) is 0 Å². The maximum absolute atomic E-state index is 12.4. The lowest BCUT2D eigenvalue weighted by Crippen LogP contribution is -2.30. The van der Waals surface area contributed by atoms with Crippen LogP contribution >= 0.6 is 0 Å². The van der Waals surface area contributed by atoms with Crippen LogP contribution in [-0.4, -0.2) is 66.6 Å². The fourth-order valence-corrected chi connectivity index (χ4v) is 5.81. The second-order valence-corrected chi connectivity index (χ2v) is 12.5. The molecule has 60 heavy (non-hydrogen) atoms. The van der Waals surface area contributed by atoms with Crippen molar-refractivity contribution in [2.45, 2.75) is 6.92 Å². The molecule has 4 N–H and O–H groups in total. The van der Waals surface area contributed by atoms with Crippen molar-refractivity contribution in [1.82, 2.24) is 25.6 Å². The van der Waals surface area contributed by atoms with Gasteiger partial charge in [0, 0.05) is 22.3 Å². The van der Waals surface area contributed by atoms with Crippen LogP contribution in [-0.2, 0) is 9.53 Å². The number of carbonyl (C=O) groups excluding carboxylic acids is 2. The predicted molar refractivity (Wildman–Crippen MR) is 219 cm³/mol. The number of aromatic nitrogens is 4. The number of amides is 1. The summed E-state index contributed by atoms with van der Waals surface area (Å²) in [6.07, 6.45) is 0. The van der Waals surface area contributed by atoms with Gasteiger partial charge in [-0.15, -0.1) is 0 Å². The number of hydrogen-bond donors (Lipinski definition) is 4. The van der Waals surface area contributed by atoms with Crippen LogP contribution in [0.2, 0.25) is 0 Å². The zero-order valence-electron chi connectivity index (χ0n) is 31.5. The summed E-state index contributed by atoms with van der Waals surface area (Å²) < 4.78 is 15.7. The van der Waals surface area contributed by atoms with Gasteiger partial charge in [-0.1, -0.05) is 119 Å². The average molecular weight is 798 g/mol. The molecule has 14 nitrogen and oxygen atoms in total. The Morgan fingerprint density at radius 1 is 0.617 bits per heavy atom. The first-order valence-corrected chi connectivity index (χ1v) is 18.2. The van der Waals surface area contributed by atoms with Gasteiger partial charge in [0.1, 0.15) is 29.3 Å². The predicted octanol–water partition coefficient (Wildman–Crippen LogP) is 6.98. The molecule has 0 radical (unpaired) electrons. The van der Waals surface area contributed by atoms with Gasteiger partial charge in [0.05, 0.1) is 17.4 Å². The Balaban J connectivity index is 0.000000182. The van der Waals surface area contributed by atoms with E-state index in [4.69, 9.17) is 18.9 Å². The van der Waals surface area contributed by atoms with Gasteiger partial charge < -0.3 is 34.4 Å². The van der Waals surface area contributed by atoms with Crippen molar-refractivity contribution in [3.05, 3.63) is 155 Å². The maximum Gasteiger partial charge on any atom is 0.361 e. The molecule has 14 heteroatoms. The number of aromatic hydroxyl groups is 2. The third-order valence-electron chi connectivity index (χ3n) is 8.56. The number of fused-ring (bicyclic) bond motifs is 2. The van der Waals surface area contributed by atoms with Crippen molar-refractivity contribution < 1.29 is 43.5 Å². The van der Waals surface area contributed by atoms with Crippen molar-refractivity contribution >= 4 is 39.8 Å². The van der Waals surface area contributed by atoms with E-state index in [-0.39, 0.29) is 34.9 Å². The van der Waals surface area contributed by atoms with Crippen LogP contribution in [0.5, 0.6) is 11.5 Å². The SMILES string of the molecule is CCOC(=O)c1nc(C#Cc2ccccc2)c2c(-c3ccccc3)noc2c1O.O=C(O)CNC(=O)c1nc(C#Cc2ccccc2)c2c(-c3ccccc3)noc2c1O. The minimum atomic E-state index is -1.23. The van der Waals surface area contributed by atoms with E-state index in [1.807, 2.05) is 121 Å². The third-order valence-corrected chi connectivity index (χ3v) is 8.56. The van der Waals surface area contributed by atoms with E-state index in [0.29, 0.717) is 27.7 Å². The minimum Gasteiger partial charge on any atom is -0.503 e. The van der Waals surface area contributed by atoms with Gasteiger partial charge in [0.15, 0.2) is 22.9 Å². The molecule has 0 aliphatic heterocycles. The molecule has 1 amide bonds. The Morgan fingerprint density at radius 2 is 1.03 bits per heavy atom. The Kier molecular flexibility index (Phi) is 11.9. The summed E-state index contributed by atoms with van der Waals surface area (Å²) in [5, 5.41) is 41.1. The van der Waals surface area contributed by atoms with Crippen molar-refractivity contribution in [1.29, 1.82) is 0 Å². The highest BCUT2D eigenvalue weighted by Crippen LogP contribution is 2.38. The number of ether oxygens (including phenoxy) is 1. The molecule has 4 aromatic carbocycles. The second-order valence-electron chi connectivity index (χ2n) is 12.5. The summed E-state index contributed by atoms with van der Waals surface area (Å²) in [7, 11) is 0. The normalized spacial score (nSPS) is 10.3. The number of nitrogens with one attached hydrogen (secondary N) is 1. The molecule has 294 valence electrons. The number of benzene rings is 4. The van der Waals surface area contributed by atoms with Crippen molar-refractivity contribution in [2.24, 2.45) is 0 Å². The topological polar surface area (TPSA) is 211 Å². The lowest BCUT2D eigenvalue weighted by Gasteiger charge is -2.06. The Morgan fingerprint density at radius 3 is 1.47 bits per heavy atom. The standard InChI is InChI=1S/C23H15N3O5.C23H16N2O4/c27-17(28)13-24-23(30)20-21(29)22-18(19(26-31-22)15-9-5-2-6-10-15)16(25-20)12-11-14-7-3-1-4-8-14;1-2-28-23(27)20-21(26)22-18(19(25-29-22)16-11-7-4-8-12-16)17(24-20)14-13-15-9-5-3-6-10-15/h1-10,29H,13H2,(H,24,30)(H,27,28);3-12,26H,2H2,1H3. The van der Waals surface area contributed by atoms with Crippen molar-refractivity contribution in [3.63, 3.8) is 0 Å². The summed E-state index contributed by atoms with van der Waals surface area (Å²) >= 11 is 0. The van der Waals surface area contributed by atoms with Crippen LogP contribution < -0.4 is 5.32 Å². The van der Waals surface area contributed by atoms with Gasteiger partial charge in [0.25, 0.3) is 5.91 Å². The lowest BCUT2D eigenvalue weighted by atomic mass is 10.1. The molecule has 0 bridgehead atoms. The largest absolute Gasteiger partial charge is 0.503 e. The molecule has 8 aromatic rings. The first kappa shape index (κ1) is 39.5. The van der Waals surface area contributed by atoms with Crippen LogP contribution in [0.15, 0.2) is 130 Å². The molecule has 0 fully saturated rings. The monoisotopic (exact) mass is 797 g/mol. The van der Waals surface area contributed by atoms with Crippen LogP contribution in [0, 0.1) is 23.7 Å². The Hall–Kier alpha value is -8.75. The minimum absolute atomic E-state index is 0.0410. The molecule has 0 atom stereocenters. The highest BCUT2D eigenvalue weighted by atomic mass is 16.5. The molecule has 0 aliphatic rings. The van der Waals surface area contributed by atoms with Crippen LogP contribution in [0.1, 0.15) is 50.4 Å². The van der Waals surface area contributed by atoms with Crippen LogP contribution in [0.25, 0.3) is 44.5 Å². The number of aliphatic carboxylic acids is 1. The van der Waals surface area contributed by atoms with E-state index >= 15 is 0 Å². The van der Waals surface area contributed by atoms with Gasteiger partial charge in [-0.3, -0.25) is 9.59 Å². The Labute approximate surface area is 341 Å². The van der Waals surface area contributed by atoms with Crippen LogP contribution in [0.3, 0.4) is 0 Å². The second kappa shape index (κ2) is 18.0. The van der Waals surface area contributed by atoms with Gasteiger partial charge >= 0.3 is 11.9 Å². The summed E-state index contributed by atoms with van der Waals surface area (Å²) in [5.74, 6) is 8.07. The number of rotatable bonds is 7. The molecular weight excluding hydrogens is 767 g/mol. The van der Waals surface area contributed by atoms with Gasteiger partial charge in [-0.2, -0.15) is 0 Å². The van der Waals surface area contributed by atoms with E-state index < -0.39 is 41.6 Å². The third kappa shape index (κ3) is 8.63. The van der Waals surface area contributed by atoms with E-state index in [9.17, 15) is 24.6 Å². The van der Waals surface area contributed by atoms with Crippen molar-refractivity contribution in [2.75, 3.05) is 13.2 Å². The molecule has 0 saturated heterocycles. The number of nitrogens with zero attached hydrogens (tertiary/aromatic N) is 4. The zero-order valence-corrected chi connectivity index (χ0v) is 31.5. The van der Waals surface area contributed by atoms with E-state index in [2.05, 4.69) is 49.3 Å². The zero-order chi connectivity index (χ0) is 42.0. The molecule has 4 aromatic heterocycles. The lowest BCUT2D eigenvalue weighted by molar-refractivity contribution is -0.135. The molecule has 0 saturated carbocycles. The molecule has 0 spiro atoms. The summed E-state index contributed by atoms with van der Waals surface area (Å²) in [6.45, 7) is 1.19. The smallest absolute Gasteiger partial charge is 0.361 e. The first-order chi connectivity index (χ1) is 29.2. The van der Waals surface area contributed by atoms with E-state index in [0.717, 1.165) is 16.7 Å². The van der Waals surface area contributed by atoms with Gasteiger partial charge in [-0.25, -0.2) is 14.8 Å². The molecule has 4 heterocycles. The number of carboxylic acid groups (broad SMARTS) is 1. The Bertz CT molecular complexity index is 2980. The average Bonchev–Trinajstić information content (AvgIpc) is 3.94. The van der Waals surface area contributed by atoms with E-state index in [1.54, 1.807) is 6.92 Å². The summed E-state index contributed by atoms with van der Waals surface area (Å²) in [5.41, 5.74) is 3.64.